The van der Waals surface area contributed by atoms with Crippen molar-refractivity contribution in [3.63, 3.8) is 0 Å². The molecule has 26 heavy (non-hydrogen) atoms. The summed E-state index contributed by atoms with van der Waals surface area (Å²) >= 11 is 1.47. The Kier molecular flexibility index (Phi) is 6.28. The predicted molar refractivity (Wildman–Crippen MR) is 103 cm³/mol. The van der Waals surface area contributed by atoms with Crippen LogP contribution in [0.3, 0.4) is 0 Å². The third kappa shape index (κ3) is 4.64. The lowest BCUT2D eigenvalue weighted by Crippen LogP contribution is -2.37. The third-order valence-corrected chi connectivity index (χ3v) is 5.49. The molecule has 0 radical (unpaired) electrons. The van der Waals surface area contributed by atoms with E-state index in [1.165, 1.54) is 11.3 Å². The lowest BCUT2D eigenvalue weighted by molar-refractivity contribution is -0.131. The van der Waals surface area contributed by atoms with E-state index in [9.17, 15) is 9.59 Å². The van der Waals surface area contributed by atoms with Crippen LogP contribution in [0, 0.1) is 0 Å². The molecule has 1 aliphatic rings. The van der Waals surface area contributed by atoms with Gasteiger partial charge in [-0.3, -0.25) is 9.59 Å². The number of methoxy groups -OCH3 is 1. The van der Waals surface area contributed by atoms with Gasteiger partial charge < -0.3 is 14.5 Å². The molecule has 3 rings (SSSR count). The molecule has 1 aromatic heterocycles. The molecule has 0 aliphatic carbocycles. The van der Waals surface area contributed by atoms with Crippen LogP contribution in [0.1, 0.15) is 28.1 Å². The summed E-state index contributed by atoms with van der Waals surface area (Å²) in [5.74, 6) is 1.04. The Hall–Kier alpha value is -2.34. The zero-order valence-electron chi connectivity index (χ0n) is 15.0. The Morgan fingerprint density at radius 3 is 2.65 bits per heavy atom. The summed E-state index contributed by atoms with van der Waals surface area (Å²) in [7, 11) is 1.64. The van der Waals surface area contributed by atoms with Gasteiger partial charge in [0, 0.05) is 32.6 Å². The summed E-state index contributed by atoms with van der Waals surface area (Å²) in [6.45, 7) is 2.62. The highest BCUT2D eigenvalue weighted by molar-refractivity contribution is 7.12. The molecule has 5 nitrogen and oxygen atoms in total. The lowest BCUT2D eigenvalue weighted by atomic mass is 10.1. The van der Waals surface area contributed by atoms with E-state index >= 15 is 0 Å². The second-order valence-corrected chi connectivity index (χ2v) is 7.30. The molecule has 2 heterocycles. The van der Waals surface area contributed by atoms with Gasteiger partial charge in [-0.05, 0) is 42.0 Å². The number of carbonyl (C=O) groups excluding carboxylic acids is 2. The molecule has 6 heteroatoms. The molecular formula is C20H24N2O3S. The van der Waals surface area contributed by atoms with Crippen LogP contribution in [-0.2, 0) is 11.2 Å². The van der Waals surface area contributed by atoms with Gasteiger partial charge in [0.25, 0.3) is 5.91 Å². The maximum absolute atomic E-state index is 12.6. The zero-order valence-corrected chi connectivity index (χ0v) is 15.8. The SMILES string of the molecule is COc1cccc(CCC(=O)N2CCCN(C(=O)c3cccs3)CC2)c1. The first-order chi connectivity index (χ1) is 12.7. The first-order valence-electron chi connectivity index (χ1n) is 8.91. The molecule has 0 N–H and O–H groups in total. The first-order valence-corrected chi connectivity index (χ1v) is 9.79. The second kappa shape index (κ2) is 8.85. The Balaban J connectivity index is 1.51. The highest BCUT2D eigenvalue weighted by atomic mass is 32.1. The van der Waals surface area contributed by atoms with Crippen molar-refractivity contribution in [3.8, 4) is 5.75 Å². The fourth-order valence-corrected chi connectivity index (χ4v) is 3.85. The van der Waals surface area contributed by atoms with Crippen molar-refractivity contribution in [1.82, 2.24) is 9.80 Å². The lowest BCUT2D eigenvalue weighted by Gasteiger charge is -2.22. The van der Waals surface area contributed by atoms with E-state index in [0.29, 0.717) is 39.0 Å². The average Bonchev–Trinajstić information content (AvgIpc) is 3.10. The standard InChI is InChI=1S/C20H24N2O3S/c1-25-17-6-2-5-16(15-17)8-9-19(23)21-10-4-11-22(13-12-21)20(24)18-7-3-14-26-18/h2-3,5-7,14-15H,4,8-13H2,1H3. The van der Waals surface area contributed by atoms with Crippen molar-refractivity contribution in [1.29, 1.82) is 0 Å². The maximum Gasteiger partial charge on any atom is 0.263 e. The molecule has 0 spiro atoms. The number of amides is 2. The summed E-state index contributed by atoms with van der Waals surface area (Å²) in [6.07, 6.45) is 2.00. The third-order valence-electron chi connectivity index (χ3n) is 4.63. The van der Waals surface area contributed by atoms with E-state index < -0.39 is 0 Å². The van der Waals surface area contributed by atoms with Crippen LogP contribution >= 0.6 is 11.3 Å². The molecular weight excluding hydrogens is 348 g/mol. The summed E-state index contributed by atoms with van der Waals surface area (Å²) in [4.78, 5) is 29.6. The van der Waals surface area contributed by atoms with Crippen molar-refractivity contribution >= 4 is 23.2 Å². The first kappa shape index (κ1) is 18.5. The number of carbonyl (C=O) groups is 2. The summed E-state index contributed by atoms with van der Waals surface area (Å²) in [6, 6.07) is 11.6. The number of hydrogen-bond donors (Lipinski definition) is 0. The molecule has 1 fully saturated rings. The smallest absolute Gasteiger partial charge is 0.263 e. The number of hydrogen-bond acceptors (Lipinski definition) is 4. The minimum absolute atomic E-state index is 0.0747. The number of thiophene rings is 1. The number of ether oxygens (including phenoxy) is 1. The van der Waals surface area contributed by atoms with E-state index in [0.717, 1.165) is 22.6 Å². The predicted octanol–water partition coefficient (Wildman–Crippen LogP) is 3.06. The van der Waals surface area contributed by atoms with Gasteiger partial charge in [0.1, 0.15) is 5.75 Å². The van der Waals surface area contributed by atoms with Gasteiger partial charge >= 0.3 is 0 Å². The van der Waals surface area contributed by atoms with Crippen molar-refractivity contribution in [2.45, 2.75) is 19.3 Å². The number of rotatable bonds is 5. The summed E-state index contributed by atoms with van der Waals surface area (Å²) in [5.41, 5.74) is 1.10. The van der Waals surface area contributed by atoms with Crippen molar-refractivity contribution < 1.29 is 14.3 Å². The van der Waals surface area contributed by atoms with Crippen molar-refractivity contribution in [3.05, 3.63) is 52.2 Å². The molecule has 0 saturated carbocycles. The Bertz CT molecular complexity index is 745. The molecule has 138 valence electrons. The van der Waals surface area contributed by atoms with Gasteiger partial charge in [0.2, 0.25) is 5.91 Å². The fraction of sp³-hybridized carbons (Fsp3) is 0.400. The van der Waals surface area contributed by atoms with Crippen LogP contribution in [0.2, 0.25) is 0 Å². The normalized spacial score (nSPS) is 14.8. The van der Waals surface area contributed by atoms with Gasteiger partial charge in [-0.15, -0.1) is 11.3 Å². The highest BCUT2D eigenvalue weighted by Gasteiger charge is 2.23. The van der Waals surface area contributed by atoms with Crippen LogP contribution < -0.4 is 4.74 Å². The Morgan fingerprint density at radius 1 is 1.08 bits per heavy atom. The van der Waals surface area contributed by atoms with Gasteiger partial charge in [-0.1, -0.05) is 18.2 Å². The van der Waals surface area contributed by atoms with Gasteiger partial charge in [-0.2, -0.15) is 0 Å². The van der Waals surface area contributed by atoms with Crippen molar-refractivity contribution in [2.24, 2.45) is 0 Å². The maximum atomic E-state index is 12.6. The van der Waals surface area contributed by atoms with Crippen LogP contribution in [0.4, 0.5) is 0 Å². The fourth-order valence-electron chi connectivity index (χ4n) is 3.16. The number of aryl methyl sites for hydroxylation is 1. The van der Waals surface area contributed by atoms with Gasteiger partial charge in [-0.25, -0.2) is 0 Å². The van der Waals surface area contributed by atoms with E-state index in [-0.39, 0.29) is 11.8 Å². The minimum Gasteiger partial charge on any atom is -0.497 e. The topological polar surface area (TPSA) is 49.9 Å². The molecule has 2 amide bonds. The van der Waals surface area contributed by atoms with E-state index in [1.54, 1.807) is 7.11 Å². The quantitative estimate of drug-likeness (QED) is 0.810. The highest BCUT2D eigenvalue weighted by Crippen LogP contribution is 2.16. The second-order valence-electron chi connectivity index (χ2n) is 6.36. The zero-order chi connectivity index (χ0) is 18.4. The molecule has 0 atom stereocenters. The van der Waals surface area contributed by atoms with Crippen LogP contribution in [-0.4, -0.2) is 54.9 Å². The summed E-state index contributed by atoms with van der Waals surface area (Å²) < 4.78 is 5.23. The monoisotopic (exact) mass is 372 g/mol. The molecule has 2 aromatic rings. The van der Waals surface area contributed by atoms with E-state index in [4.69, 9.17) is 4.74 Å². The van der Waals surface area contributed by atoms with E-state index in [1.807, 2.05) is 51.6 Å². The molecule has 0 unspecified atom stereocenters. The number of benzene rings is 1. The average molecular weight is 372 g/mol. The molecule has 1 aromatic carbocycles. The molecule has 1 aliphatic heterocycles. The Labute approximate surface area is 158 Å². The molecule has 1 saturated heterocycles. The van der Waals surface area contributed by atoms with Gasteiger partial charge in [0.05, 0.1) is 12.0 Å². The Morgan fingerprint density at radius 2 is 1.88 bits per heavy atom. The van der Waals surface area contributed by atoms with Crippen LogP contribution in [0.5, 0.6) is 5.75 Å². The minimum atomic E-state index is 0.0747. The van der Waals surface area contributed by atoms with Crippen LogP contribution in [0.15, 0.2) is 41.8 Å². The largest absolute Gasteiger partial charge is 0.497 e. The van der Waals surface area contributed by atoms with E-state index in [2.05, 4.69) is 0 Å². The number of nitrogens with zero attached hydrogens (tertiary/aromatic N) is 2. The van der Waals surface area contributed by atoms with Crippen molar-refractivity contribution in [2.75, 3.05) is 33.3 Å². The van der Waals surface area contributed by atoms with Gasteiger partial charge in [0.15, 0.2) is 0 Å². The summed E-state index contributed by atoms with van der Waals surface area (Å²) in [5, 5.41) is 1.92. The molecule has 0 bridgehead atoms. The van der Waals surface area contributed by atoms with Crippen LogP contribution in [0.25, 0.3) is 0 Å².